The Morgan fingerprint density at radius 2 is 1.38 bits per heavy atom. The number of amides is 2. The summed E-state index contributed by atoms with van der Waals surface area (Å²) in [4.78, 5) is 26.1. The van der Waals surface area contributed by atoms with Crippen LogP contribution in [0.25, 0.3) is 0 Å². The first-order valence-electron chi connectivity index (χ1n) is 16.5. The summed E-state index contributed by atoms with van der Waals surface area (Å²) in [5, 5.41) is 6.45. The molecule has 0 radical (unpaired) electrons. The van der Waals surface area contributed by atoms with Crippen molar-refractivity contribution in [3.8, 4) is 0 Å². The summed E-state index contributed by atoms with van der Waals surface area (Å²) < 4.78 is 0. The van der Waals surface area contributed by atoms with Gasteiger partial charge in [0.05, 0.1) is 6.04 Å². The Hall–Kier alpha value is -1.84. The highest BCUT2D eigenvalue weighted by atomic mass is 16.2. The largest absolute Gasteiger partial charge is 0.353 e. The lowest BCUT2D eigenvalue weighted by Gasteiger charge is -2.36. The molecule has 2 amide bonds. The fraction of sp³-hybridized carbons (Fsp3) is 0.771. The third-order valence-corrected chi connectivity index (χ3v) is 8.88. The Labute approximate surface area is 240 Å². The summed E-state index contributed by atoms with van der Waals surface area (Å²) in [7, 11) is 0. The standard InChI is InChI=1S/C35H60N2O2/c1-5-6-7-8-9-10-11-12-13-14-15-16-20-23-34(38)37-33(30-21-18-17-19-22-30)27-36-35(39)32-26-29(4)24-25-31(32)28(2)3/h17-19,21-22,28-29,31-33H,5-16,20,23-27H2,1-4H3,(H,36,39)(H,37,38)/t29?,31-,32?,33?/m0/s1. The molecule has 3 unspecified atom stereocenters. The second-order valence-corrected chi connectivity index (χ2v) is 12.7. The number of hydrogen-bond donors (Lipinski definition) is 2. The van der Waals surface area contributed by atoms with Crippen LogP contribution < -0.4 is 10.6 Å². The number of unbranched alkanes of at least 4 members (excludes halogenated alkanes) is 12. The van der Waals surface area contributed by atoms with E-state index in [0.29, 0.717) is 30.7 Å². The third kappa shape index (κ3) is 13.9. The molecular formula is C35H60N2O2. The lowest BCUT2D eigenvalue weighted by molar-refractivity contribution is -0.130. The number of carbonyl (C=O) groups is 2. The van der Waals surface area contributed by atoms with Crippen molar-refractivity contribution in [1.82, 2.24) is 10.6 Å². The molecule has 1 fully saturated rings. The van der Waals surface area contributed by atoms with Gasteiger partial charge in [-0.05, 0) is 42.6 Å². The molecule has 1 aromatic rings. The third-order valence-electron chi connectivity index (χ3n) is 8.88. The monoisotopic (exact) mass is 540 g/mol. The van der Waals surface area contributed by atoms with Crippen molar-refractivity contribution < 1.29 is 9.59 Å². The highest BCUT2D eigenvalue weighted by Crippen LogP contribution is 2.38. The first-order valence-corrected chi connectivity index (χ1v) is 16.5. The van der Waals surface area contributed by atoms with E-state index in [-0.39, 0.29) is 23.8 Å². The van der Waals surface area contributed by atoms with Crippen LogP contribution in [-0.4, -0.2) is 18.4 Å². The van der Waals surface area contributed by atoms with Gasteiger partial charge >= 0.3 is 0 Å². The van der Waals surface area contributed by atoms with Gasteiger partial charge in [0, 0.05) is 18.9 Å². The lowest BCUT2D eigenvalue weighted by atomic mass is 9.70. The summed E-state index contributed by atoms with van der Waals surface area (Å²) in [6.45, 7) is 9.47. The van der Waals surface area contributed by atoms with Crippen molar-refractivity contribution >= 4 is 11.8 Å². The number of rotatable bonds is 20. The summed E-state index contributed by atoms with van der Waals surface area (Å²) >= 11 is 0. The molecule has 0 spiro atoms. The zero-order valence-electron chi connectivity index (χ0n) is 25.8. The molecule has 1 saturated carbocycles. The molecule has 1 aromatic carbocycles. The second-order valence-electron chi connectivity index (χ2n) is 12.7. The van der Waals surface area contributed by atoms with Crippen LogP contribution in [0.15, 0.2) is 30.3 Å². The molecule has 4 heteroatoms. The molecule has 1 aliphatic rings. The summed E-state index contributed by atoms with van der Waals surface area (Å²) in [6, 6.07) is 9.89. The first kappa shape index (κ1) is 33.4. The van der Waals surface area contributed by atoms with Crippen molar-refractivity contribution in [2.75, 3.05) is 6.54 Å². The Morgan fingerprint density at radius 1 is 0.821 bits per heavy atom. The quantitative estimate of drug-likeness (QED) is 0.162. The molecular weight excluding hydrogens is 480 g/mol. The van der Waals surface area contributed by atoms with Gasteiger partial charge in [-0.15, -0.1) is 0 Å². The van der Waals surface area contributed by atoms with E-state index >= 15 is 0 Å². The van der Waals surface area contributed by atoms with E-state index in [2.05, 4.69) is 38.3 Å². The average Bonchev–Trinajstić information content (AvgIpc) is 2.93. The summed E-state index contributed by atoms with van der Waals surface area (Å²) in [5.74, 6) is 1.88. The maximum atomic E-state index is 13.3. The summed E-state index contributed by atoms with van der Waals surface area (Å²) in [6.07, 6.45) is 20.8. The van der Waals surface area contributed by atoms with E-state index in [0.717, 1.165) is 31.2 Å². The van der Waals surface area contributed by atoms with E-state index in [4.69, 9.17) is 0 Å². The Bertz CT molecular complexity index is 778. The maximum Gasteiger partial charge on any atom is 0.223 e. The maximum absolute atomic E-state index is 13.3. The first-order chi connectivity index (χ1) is 18.9. The number of benzene rings is 1. The molecule has 0 heterocycles. The van der Waals surface area contributed by atoms with Crippen LogP contribution in [0, 0.1) is 23.7 Å². The number of hydrogen-bond acceptors (Lipinski definition) is 2. The Morgan fingerprint density at radius 3 is 1.95 bits per heavy atom. The Kier molecular flexibility index (Phi) is 17.2. The van der Waals surface area contributed by atoms with Crippen molar-refractivity contribution in [2.24, 2.45) is 23.7 Å². The predicted molar refractivity (Wildman–Crippen MR) is 165 cm³/mol. The predicted octanol–water partition coefficient (Wildman–Crippen LogP) is 9.15. The topological polar surface area (TPSA) is 58.2 Å². The van der Waals surface area contributed by atoms with Gasteiger partial charge in [0.1, 0.15) is 0 Å². The van der Waals surface area contributed by atoms with Crippen LogP contribution in [0.1, 0.15) is 148 Å². The van der Waals surface area contributed by atoms with Gasteiger partial charge in [-0.2, -0.15) is 0 Å². The fourth-order valence-electron chi connectivity index (χ4n) is 6.34. The van der Waals surface area contributed by atoms with Gasteiger partial charge in [-0.25, -0.2) is 0 Å². The van der Waals surface area contributed by atoms with Crippen LogP contribution in [0.5, 0.6) is 0 Å². The molecule has 4 nitrogen and oxygen atoms in total. The minimum atomic E-state index is -0.192. The van der Waals surface area contributed by atoms with Crippen molar-refractivity contribution in [1.29, 1.82) is 0 Å². The second kappa shape index (κ2) is 20.1. The van der Waals surface area contributed by atoms with Gasteiger partial charge in [-0.3, -0.25) is 9.59 Å². The molecule has 39 heavy (non-hydrogen) atoms. The normalized spacial score (nSPS) is 20.1. The van der Waals surface area contributed by atoms with Crippen LogP contribution >= 0.6 is 0 Å². The number of carbonyl (C=O) groups excluding carboxylic acids is 2. The molecule has 0 saturated heterocycles. The molecule has 2 N–H and O–H groups in total. The van der Waals surface area contributed by atoms with Gasteiger partial charge < -0.3 is 10.6 Å². The van der Waals surface area contributed by atoms with Crippen LogP contribution in [-0.2, 0) is 9.59 Å². The minimum Gasteiger partial charge on any atom is -0.353 e. The molecule has 4 atom stereocenters. The highest BCUT2D eigenvalue weighted by Gasteiger charge is 2.35. The fourth-order valence-corrected chi connectivity index (χ4v) is 6.34. The highest BCUT2D eigenvalue weighted by molar-refractivity contribution is 5.79. The smallest absolute Gasteiger partial charge is 0.223 e. The molecule has 0 aliphatic heterocycles. The van der Waals surface area contributed by atoms with Crippen LogP contribution in [0.3, 0.4) is 0 Å². The van der Waals surface area contributed by atoms with Gasteiger partial charge in [-0.1, -0.05) is 141 Å². The van der Waals surface area contributed by atoms with Gasteiger partial charge in [0.2, 0.25) is 11.8 Å². The van der Waals surface area contributed by atoms with Crippen molar-refractivity contribution in [2.45, 2.75) is 143 Å². The van der Waals surface area contributed by atoms with Gasteiger partial charge in [0.25, 0.3) is 0 Å². The number of nitrogens with one attached hydrogen (secondary N) is 2. The Balaban J connectivity index is 1.68. The van der Waals surface area contributed by atoms with Crippen LogP contribution in [0.4, 0.5) is 0 Å². The van der Waals surface area contributed by atoms with E-state index in [9.17, 15) is 9.59 Å². The average molecular weight is 541 g/mol. The molecule has 2 rings (SSSR count). The molecule has 0 bridgehead atoms. The zero-order valence-corrected chi connectivity index (χ0v) is 25.8. The van der Waals surface area contributed by atoms with E-state index in [1.165, 1.54) is 77.0 Å². The molecule has 1 aliphatic carbocycles. The van der Waals surface area contributed by atoms with Crippen LogP contribution in [0.2, 0.25) is 0 Å². The molecule has 0 aromatic heterocycles. The van der Waals surface area contributed by atoms with E-state index < -0.39 is 0 Å². The summed E-state index contributed by atoms with van der Waals surface area (Å²) in [5.41, 5.74) is 1.05. The van der Waals surface area contributed by atoms with Crippen molar-refractivity contribution in [3.63, 3.8) is 0 Å². The van der Waals surface area contributed by atoms with E-state index in [1.807, 2.05) is 30.3 Å². The zero-order chi connectivity index (χ0) is 28.3. The van der Waals surface area contributed by atoms with Crippen molar-refractivity contribution in [3.05, 3.63) is 35.9 Å². The SMILES string of the molecule is CCCCCCCCCCCCCCCC(=O)NC(CNC(=O)C1CC(C)CC[C@H]1C(C)C)c1ccccc1. The van der Waals surface area contributed by atoms with E-state index in [1.54, 1.807) is 0 Å². The minimum absolute atomic E-state index is 0.0756. The molecule has 222 valence electrons. The van der Waals surface area contributed by atoms with Gasteiger partial charge in [0.15, 0.2) is 0 Å². The lowest BCUT2D eigenvalue weighted by Crippen LogP contribution is -2.44.